The highest BCUT2D eigenvalue weighted by molar-refractivity contribution is 5.89. The third-order valence-electron chi connectivity index (χ3n) is 6.10. The van der Waals surface area contributed by atoms with Crippen LogP contribution in [0.15, 0.2) is 79.1 Å². The average Bonchev–Trinajstić information content (AvgIpc) is 2.71. The molecule has 1 aromatic heterocycles. The van der Waals surface area contributed by atoms with E-state index in [2.05, 4.69) is 73.8 Å². The van der Waals surface area contributed by atoms with Crippen molar-refractivity contribution >= 4 is 11.4 Å². The van der Waals surface area contributed by atoms with E-state index in [4.69, 9.17) is 4.99 Å². The highest BCUT2D eigenvalue weighted by Gasteiger charge is 2.30. The largest absolute Gasteiger partial charge is 0.343 e. The van der Waals surface area contributed by atoms with Gasteiger partial charge in [0.2, 0.25) is 0 Å². The summed E-state index contributed by atoms with van der Waals surface area (Å²) in [5, 5.41) is 0. The Labute approximate surface area is 187 Å². The molecular formula is C28H35N3. The molecule has 2 aromatic rings. The number of allylic oxidation sites excluding steroid dienone is 1. The lowest BCUT2D eigenvalue weighted by Crippen LogP contribution is -2.27. The van der Waals surface area contributed by atoms with E-state index >= 15 is 0 Å². The van der Waals surface area contributed by atoms with E-state index in [1.54, 1.807) is 6.20 Å². The Morgan fingerprint density at radius 1 is 1.16 bits per heavy atom. The average molecular weight is 414 g/mol. The summed E-state index contributed by atoms with van der Waals surface area (Å²) in [7, 11) is 0. The summed E-state index contributed by atoms with van der Waals surface area (Å²) in [5.41, 5.74) is 7.95. The van der Waals surface area contributed by atoms with Gasteiger partial charge in [-0.25, -0.2) is 0 Å². The Morgan fingerprint density at radius 2 is 1.87 bits per heavy atom. The molecule has 1 saturated carbocycles. The van der Waals surface area contributed by atoms with Gasteiger partial charge in [0.05, 0.1) is 6.54 Å². The van der Waals surface area contributed by atoms with Crippen LogP contribution in [0.1, 0.15) is 54.5 Å². The van der Waals surface area contributed by atoms with Crippen LogP contribution < -0.4 is 0 Å². The summed E-state index contributed by atoms with van der Waals surface area (Å²) in [5.74, 6) is 1.34. The van der Waals surface area contributed by atoms with Gasteiger partial charge in [-0.1, -0.05) is 55.1 Å². The summed E-state index contributed by atoms with van der Waals surface area (Å²) in [6, 6.07) is 13.0. The molecule has 0 atom stereocenters. The van der Waals surface area contributed by atoms with Gasteiger partial charge < -0.3 is 4.90 Å². The summed E-state index contributed by atoms with van der Waals surface area (Å²) in [6.45, 7) is 20.2. The number of pyridine rings is 1. The van der Waals surface area contributed by atoms with E-state index < -0.39 is 0 Å². The van der Waals surface area contributed by atoms with E-state index in [0.29, 0.717) is 18.4 Å². The molecule has 0 saturated heterocycles. The zero-order chi connectivity index (χ0) is 22.4. The third-order valence-corrected chi connectivity index (χ3v) is 6.10. The first kappa shape index (κ1) is 22.7. The van der Waals surface area contributed by atoms with Crippen LogP contribution in [0.5, 0.6) is 0 Å². The molecular weight excluding hydrogens is 378 g/mol. The summed E-state index contributed by atoms with van der Waals surface area (Å²) < 4.78 is 0. The van der Waals surface area contributed by atoms with Crippen molar-refractivity contribution in [2.75, 3.05) is 13.1 Å². The van der Waals surface area contributed by atoms with Gasteiger partial charge in [-0.3, -0.25) is 9.98 Å². The summed E-state index contributed by atoms with van der Waals surface area (Å²) >= 11 is 0. The maximum absolute atomic E-state index is 5.02. The Hall–Kier alpha value is -2.94. The number of aryl methyl sites for hydroxylation is 2. The minimum absolute atomic E-state index is 0.660. The van der Waals surface area contributed by atoms with Crippen molar-refractivity contribution in [1.29, 1.82) is 0 Å². The number of benzene rings is 1. The monoisotopic (exact) mass is 413 g/mol. The van der Waals surface area contributed by atoms with Gasteiger partial charge in [0.25, 0.3) is 0 Å². The molecule has 0 radical (unpaired) electrons. The summed E-state index contributed by atoms with van der Waals surface area (Å²) in [6.07, 6.45) is 6.89. The van der Waals surface area contributed by atoms with Crippen molar-refractivity contribution in [1.82, 2.24) is 9.88 Å². The number of hydrogen-bond acceptors (Lipinski definition) is 3. The minimum Gasteiger partial charge on any atom is -0.343 e. The van der Waals surface area contributed by atoms with Crippen molar-refractivity contribution in [3.8, 4) is 0 Å². The second-order valence-electron chi connectivity index (χ2n) is 8.88. The zero-order valence-electron chi connectivity index (χ0n) is 19.3. The van der Waals surface area contributed by atoms with Crippen molar-refractivity contribution < 1.29 is 0 Å². The molecule has 0 unspecified atom stereocenters. The molecule has 31 heavy (non-hydrogen) atoms. The molecule has 1 aromatic carbocycles. The highest BCUT2D eigenvalue weighted by atomic mass is 15.1. The fraction of sp³-hybridized carbons (Fsp3) is 0.357. The van der Waals surface area contributed by atoms with E-state index in [9.17, 15) is 0 Å². The summed E-state index contributed by atoms with van der Waals surface area (Å²) in [4.78, 5) is 11.5. The predicted octanol–water partition coefficient (Wildman–Crippen LogP) is 6.72. The van der Waals surface area contributed by atoms with Crippen molar-refractivity contribution in [3.05, 3.63) is 96.5 Å². The first-order valence-electron chi connectivity index (χ1n) is 11.1. The molecule has 0 amide bonds. The van der Waals surface area contributed by atoms with Crippen molar-refractivity contribution in [3.63, 3.8) is 0 Å². The lowest BCUT2D eigenvalue weighted by Gasteiger charge is -2.35. The SMILES string of the molecule is C=CN(C/C(CC(=C)C)=N/CC1CC(c2ccc(C)cc2)C1)C(=C)c1cccnc1C. The van der Waals surface area contributed by atoms with Crippen LogP contribution in [0.3, 0.4) is 0 Å². The van der Waals surface area contributed by atoms with E-state index in [0.717, 1.165) is 41.2 Å². The highest BCUT2D eigenvalue weighted by Crippen LogP contribution is 2.41. The fourth-order valence-corrected chi connectivity index (χ4v) is 4.17. The number of aliphatic imine (C=N–C) groups is 1. The van der Waals surface area contributed by atoms with Gasteiger partial charge in [0.15, 0.2) is 0 Å². The van der Waals surface area contributed by atoms with Gasteiger partial charge in [-0.15, -0.1) is 0 Å². The Morgan fingerprint density at radius 3 is 2.48 bits per heavy atom. The van der Waals surface area contributed by atoms with Crippen LogP contribution in [-0.2, 0) is 0 Å². The maximum atomic E-state index is 5.02. The van der Waals surface area contributed by atoms with Crippen molar-refractivity contribution in [2.24, 2.45) is 10.9 Å². The maximum Gasteiger partial charge on any atom is 0.0607 e. The number of nitrogens with zero attached hydrogens (tertiary/aromatic N) is 3. The zero-order valence-corrected chi connectivity index (χ0v) is 19.3. The molecule has 0 spiro atoms. The van der Waals surface area contributed by atoms with Crippen LogP contribution in [0.2, 0.25) is 0 Å². The lowest BCUT2D eigenvalue weighted by atomic mass is 9.71. The van der Waals surface area contributed by atoms with E-state index in [1.165, 1.54) is 24.0 Å². The molecule has 1 aliphatic rings. The molecule has 1 heterocycles. The smallest absolute Gasteiger partial charge is 0.0607 e. The molecule has 3 rings (SSSR count). The van der Waals surface area contributed by atoms with Gasteiger partial charge in [0, 0.05) is 41.8 Å². The molecule has 0 bridgehead atoms. The Kier molecular flexibility index (Phi) is 7.62. The standard InChI is InChI=1S/C28H35N3/c1-7-31(23(6)28-9-8-14-29-22(28)5)19-27(15-20(2)3)30-18-24-16-26(17-24)25-12-10-21(4)11-13-25/h7-14,24,26H,1-2,6,15-19H2,3-5H3/b30-27+. The molecule has 162 valence electrons. The number of hydrogen-bond donors (Lipinski definition) is 0. The lowest BCUT2D eigenvalue weighted by molar-refractivity contribution is 0.272. The quantitative estimate of drug-likeness (QED) is 0.320. The fourth-order valence-electron chi connectivity index (χ4n) is 4.17. The molecule has 1 aliphatic carbocycles. The van der Waals surface area contributed by atoms with Crippen LogP contribution in [0.4, 0.5) is 0 Å². The molecule has 1 fully saturated rings. The van der Waals surface area contributed by atoms with Crippen LogP contribution >= 0.6 is 0 Å². The van der Waals surface area contributed by atoms with Gasteiger partial charge >= 0.3 is 0 Å². The Balaban J connectivity index is 1.63. The molecule has 0 aliphatic heterocycles. The van der Waals surface area contributed by atoms with Gasteiger partial charge in [-0.2, -0.15) is 0 Å². The molecule has 3 nitrogen and oxygen atoms in total. The van der Waals surface area contributed by atoms with Crippen LogP contribution in [-0.4, -0.2) is 28.7 Å². The predicted molar refractivity (Wildman–Crippen MR) is 133 cm³/mol. The number of rotatable bonds is 10. The normalized spacial score (nSPS) is 18.2. The minimum atomic E-state index is 0.660. The first-order chi connectivity index (χ1) is 14.9. The number of aromatic nitrogens is 1. The second kappa shape index (κ2) is 10.4. The van der Waals surface area contributed by atoms with E-state index in [-0.39, 0.29) is 0 Å². The molecule has 0 N–H and O–H groups in total. The van der Waals surface area contributed by atoms with E-state index in [1.807, 2.05) is 19.2 Å². The van der Waals surface area contributed by atoms with Gasteiger partial charge in [0.1, 0.15) is 0 Å². The first-order valence-corrected chi connectivity index (χ1v) is 11.1. The van der Waals surface area contributed by atoms with Crippen LogP contribution in [0, 0.1) is 19.8 Å². The third kappa shape index (κ3) is 6.04. The Bertz CT molecular complexity index is 962. The van der Waals surface area contributed by atoms with Crippen molar-refractivity contribution in [2.45, 2.75) is 46.0 Å². The van der Waals surface area contributed by atoms with Gasteiger partial charge in [-0.05, 0) is 69.3 Å². The van der Waals surface area contributed by atoms with Crippen LogP contribution in [0.25, 0.3) is 5.70 Å². The second-order valence-corrected chi connectivity index (χ2v) is 8.88. The topological polar surface area (TPSA) is 28.5 Å². The molecule has 3 heteroatoms.